The minimum Gasteiger partial charge on any atom is -0.369 e. The van der Waals surface area contributed by atoms with E-state index < -0.39 is 0 Å². The van der Waals surface area contributed by atoms with Crippen LogP contribution in [0.15, 0.2) is 95.5 Å². The Hall–Kier alpha value is -3.67. The molecule has 0 atom stereocenters. The van der Waals surface area contributed by atoms with Gasteiger partial charge < -0.3 is 14.7 Å². The lowest BCUT2D eigenvalue weighted by molar-refractivity contribution is 0.253. The topological polar surface area (TPSA) is 44.5 Å². The van der Waals surface area contributed by atoms with Crippen LogP contribution in [0.2, 0.25) is 0 Å². The second-order valence-corrected chi connectivity index (χ2v) is 9.24. The minimum absolute atomic E-state index is 0.701. The Morgan fingerprint density at radius 3 is 2.17 bits per heavy atom. The normalized spacial score (nSPS) is 14.5. The van der Waals surface area contributed by atoms with Crippen LogP contribution in [0.3, 0.4) is 0 Å². The molecule has 184 valence electrons. The van der Waals surface area contributed by atoms with E-state index in [9.17, 15) is 0 Å². The Morgan fingerprint density at radius 2 is 1.44 bits per heavy atom. The van der Waals surface area contributed by atoms with Crippen molar-refractivity contribution in [3.8, 4) is 11.3 Å². The average Bonchev–Trinajstić information content (AvgIpc) is 3.42. The summed E-state index contributed by atoms with van der Waals surface area (Å²) in [4.78, 5) is 5.04. The van der Waals surface area contributed by atoms with Crippen molar-refractivity contribution in [3.63, 3.8) is 0 Å². The maximum absolute atomic E-state index is 5.56. The van der Waals surface area contributed by atoms with Crippen molar-refractivity contribution in [3.05, 3.63) is 108 Å². The molecule has 4 aromatic rings. The van der Waals surface area contributed by atoms with Crippen molar-refractivity contribution in [2.75, 3.05) is 44.2 Å². The second kappa shape index (κ2) is 12.3. The molecule has 0 radical (unpaired) electrons. The fourth-order valence-electron chi connectivity index (χ4n) is 4.56. The number of anilines is 1. The highest BCUT2D eigenvalue weighted by Gasteiger charge is 2.16. The molecule has 5 rings (SSSR count). The Labute approximate surface area is 214 Å². The van der Waals surface area contributed by atoms with Crippen LogP contribution in [-0.4, -0.2) is 49.3 Å². The summed E-state index contributed by atoms with van der Waals surface area (Å²) in [6, 6.07) is 31.5. The number of nitrogens with one attached hydrogen (secondary N) is 1. The molecule has 1 aliphatic heterocycles. The summed E-state index contributed by atoms with van der Waals surface area (Å²) in [5, 5.41) is 7.77. The van der Waals surface area contributed by atoms with E-state index in [0.717, 1.165) is 68.3 Å². The number of para-hydroxylation sites is 1. The molecular weight excluding hydrogens is 444 g/mol. The quantitative estimate of drug-likeness (QED) is 0.230. The van der Waals surface area contributed by atoms with E-state index in [-0.39, 0.29) is 0 Å². The third-order valence-electron chi connectivity index (χ3n) is 6.65. The molecule has 0 aliphatic carbocycles. The molecule has 1 aromatic heterocycles. The van der Waals surface area contributed by atoms with Gasteiger partial charge in [0.05, 0.1) is 6.54 Å². The highest BCUT2D eigenvalue weighted by Crippen LogP contribution is 2.21. The molecule has 1 N–H and O–H groups in total. The Bertz CT molecular complexity index is 1210. The molecule has 3 aromatic carbocycles. The zero-order valence-electron chi connectivity index (χ0n) is 20.7. The van der Waals surface area contributed by atoms with Gasteiger partial charge in [-0.3, -0.25) is 4.90 Å². The molecule has 0 amide bonds. The predicted octanol–water partition coefficient (Wildman–Crippen LogP) is 5.81. The van der Waals surface area contributed by atoms with E-state index in [1.807, 2.05) is 24.3 Å². The van der Waals surface area contributed by atoms with Crippen molar-refractivity contribution in [1.29, 1.82) is 0 Å². The monoisotopic (exact) mass is 478 g/mol. The minimum atomic E-state index is 0.701. The molecule has 36 heavy (non-hydrogen) atoms. The highest BCUT2D eigenvalue weighted by atomic mass is 16.5. The fourth-order valence-corrected chi connectivity index (χ4v) is 4.56. The number of benzene rings is 3. The Kier molecular flexibility index (Phi) is 8.24. The molecule has 0 bridgehead atoms. The summed E-state index contributed by atoms with van der Waals surface area (Å²) in [5.41, 5.74) is 5.63. The van der Waals surface area contributed by atoms with Gasteiger partial charge in [-0.1, -0.05) is 90.1 Å². The standard InChI is InChI=1S/C31H34N4O/c1-3-8-26(9-4-1)12-13-27-14-16-28(17-15-27)31-24-30(36-33-31)25-32-18-7-19-34-20-22-35(23-21-34)29-10-5-2-6-11-29/h1-6,8-17,24,32H,7,18-23,25H2. The summed E-state index contributed by atoms with van der Waals surface area (Å²) in [5.74, 6) is 0.870. The molecule has 5 nitrogen and oxygen atoms in total. The Balaban J connectivity index is 1.01. The van der Waals surface area contributed by atoms with Crippen molar-refractivity contribution in [2.24, 2.45) is 0 Å². The number of piperazine rings is 1. The second-order valence-electron chi connectivity index (χ2n) is 9.24. The van der Waals surface area contributed by atoms with Gasteiger partial charge in [-0.25, -0.2) is 0 Å². The van der Waals surface area contributed by atoms with Gasteiger partial charge in [-0.05, 0) is 42.8 Å². The molecular formula is C31H34N4O. The summed E-state index contributed by atoms with van der Waals surface area (Å²) in [6.45, 7) is 7.25. The van der Waals surface area contributed by atoms with Gasteiger partial charge in [0.2, 0.25) is 0 Å². The van der Waals surface area contributed by atoms with Crippen LogP contribution >= 0.6 is 0 Å². The lowest BCUT2D eigenvalue weighted by Crippen LogP contribution is -2.46. The van der Waals surface area contributed by atoms with Crippen molar-refractivity contribution in [2.45, 2.75) is 13.0 Å². The van der Waals surface area contributed by atoms with Crippen LogP contribution in [0.25, 0.3) is 23.4 Å². The first-order valence-corrected chi connectivity index (χ1v) is 12.9. The van der Waals surface area contributed by atoms with Crippen molar-refractivity contribution >= 4 is 17.8 Å². The number of aromatic nitrogens is 1. The Morgan fingerprint density at radius 1 is 0.778 bits per heavy atom. The van der Waals surface area contributed by atoms with Crippen LogP contribution in [0.5, 0.6) is 0 Å². The first kappa shape index (κ1) is 24.0. The van der Waals surface area contributed by atoms with Gasteiger partial charge in [0.25, 0.3) is 0 Å². The lowest BCUT2D eigenvalue weighted by atomic mass is 10.1. The summed E-state index contributed by atoms with van der Waals surface area (Å²) < 4.78 is 5.56. The highest BCUT2D eigenvalue weighted by molar-refractivity contribution is 5.71. The zero-order valence-corrected chi connectivity index (χ0v) is 20.7. The molecule has 0 saturated carbocycles. The van der Waals surface area contributed by atoms with E-state index in [1.54, 1.807) is 0 Å². The lowest BCUT2D eigenvalue weighted by Gasteiger charge is -2.36. The summed E-state index contributed by atoms with van der Waals surface area (Å²) >= 11 is 0. The van der Waals surface area contributed by atoms with Crippen LogP contribution in [0.1, 0.15) is 23.3 Å². The van der Waals surface area contributed by atoms with Crippen LogP contribution in [0, 0.1) is 0 Å². The third kappa shape index (κ3) is 6.72. The van der Waals surface area contributed by atoms with Crippen molar-refractivity contribution < 1.29 is 4.52 Å². The third-order valence-corrected chi connectivity index (χ3v) is 6.65. The first-order chi connectivity index (χ1) is 17.8. The predicted molar refractivity (Wildman–Crippen MR) is 149 cm³/mol. The SMILES string of the molecule is C(=Cc1ccc(-c2cc(CNCCCN3CCN(c4ccccc4)CC3)on2)cc1)c1ccccc1. The summed E-state index contributed by atoms with van der Waals surface area (Å²) in [6.07, 6.45) is 5.38. The van der Waals surface area contributed by atoms with Gasteiger partial charge in [-0.15, -0.1) is 0 Å². The molecule has 0 unspecified atom stereocenters. The maximum Gasteiger partial charge on any atom is 0.151 e. The molecule has 2 heterocycles. The first-order valence-electron chi connectivity index (χ1n) is 12.9. The molecule has 1 fully saturated rings. The van der Waals surface area contributed by atoms with E-state index in [2.05, 4.69) is 99.2 Å². The number of hydrogen-bond acceptors (Lipinski definition) is 5. The average molecular weight is 479 g/mol. The molecule has 5 heteroatoms. The van der Waals surface area contributed by atoms with E-state index in [0.29, 0.717) is 6.54 Å². The van der Waals surface area contributed by atoms with E-state index >= 15 is 0 Å². The van der Waals surface area contributed by atoms with Gasteiger partial charge in [0.1, 0.15) is 5.69 Å². The maximum atomic E-state index is 5.56. The molecule has 0 spiro atoms. The van der Waals surface area contributed by atoms with E-state index in [4.69, 9.17) is 4.52 Å². The smallest absolute Gasteiger partial charge is 0.151 e. The fraction of sp³-hybridized carbons (Fsp3) is 0.258. The molecule has 1 saturated heterocycles. The number of hydrogen-bond donors (Lipinski definition) is 1. The largest absolute Gasteiger partial charge is 0.369 e. The number of nitrogens with zero attached hydrogens (tertiary/aromatic N) is 3. The molecule has 1 aliphatic rings. The van der Waals surface area contributed by atoms with Crippen LogP contribution in [0.4, 0.5) is 5.69 Å². The summed E-state index contributed by atoms with van der Waals surface area (Å²) in [7, 11) is 0. The number of rotatable bonds is 10. The zero-order chi connectivity index (χ0) is 24.4. The van der Waals surface area contributed by atoms with Crippen LogP contribution < -0.4 is 10.2 Å². The van der Waals surface area contributed by atoms with Crippen molar-refractivity contribution in [1.82, 2.24) is 15.4 Å². The van der Waals surface area contributed by atoms with E-state index in [1.165, 1.54) is 11.3 Å². The van der Waals surface area contributed by atoms with Gasteiger partial charge >= 0.3 is 0 Å². The van der Waals surface area contributed by atoms with Gasteiger partial charge in [0.15, 0.2) is 5.76 Å². The van der Waals surface area contributed by atoms with Crippen LogP contribution in [-0.2, 0) is 6.54 Å². The van der Waals surface area contributed by atoms with Gasteiger partial charge in [0, 0.05) is 43.5 Å². The van der Waals surface area contributed by atoms with Gasteiger partial charge in [-0.2, -0.15) is 0 Å².